The predicted octanol–water partition coefficient (Wildman–Crippen LogP) is 3.23. The van der Waals surface area contributed by atoms with Crippen LogP contribution in [0, 0.1) is 0 Å². The van der Waals surface area contributed by atoms with Gasteiger partial charge < -0.3 is 24.8 Å². The first kappa shape index (κ1) is 20.7. The Kier molecular flexibility index (Phi) is 8.61. The van der Waals surface area contributed by atoms with E-state index in [1.54, 1.807) is 7.11 Å². The lowest BCUT2D eigenvalue weighted by Crippen LogP contribution is -2.29. The maximum absolute atomic E-state index is 12.1. The summed E-state index contributed by atoms with van der Waals surface area (Å²) in [4.78, 5) is 12.1. The molecular weight excluding hydrogens is 344 g/mol. The van der Waals surface area contributed by atoms with E-state index in [0.717, 1.165) is 11.3 Å². The number of benzene rings is 2. The maximum atomic E-state index is 12.1. The second kappa shape index (κ2) is 11.2. The molecule has 0 saturated heterocycles. The van der Waals surface area contributed by atoms with Crippen LogP contribution in [0.25, 0.3) is 0 Å². The molecule has 0 aromatic heterocycles. The zero-order chi connectivity index (χ0) is 19.5. The maximum Gasteiger partial charge on any atom is 0.262 e. The minimum Gasteiger partial charge on any atom is -0.490 e. The van der Waals surface area contributed by atoms with Crippen LogP contribution in [0.4, 0.5) is 5.69 Å². The van der Waals surface area contributed by atoms with E-state index in [4.69, 9.17) is 14.2 Å². The first-order valence-electron chi connectivity index (χ1n) is 9.08. The number of nitrogens with one attached hydrogen (secondary N) is 2. The Morgan fingerprint density at radius 3 is 2.56 bits per heavy atom. The predicted molar refractivity (Wildman–Crippen MR) is 106 cm³/mol. The average molecular weight is 372 g/mol. The van der Waals surface area contributed by atoms with Gasteiger partial charge in [-0.1, -0.05) is 24.3 Å². The molecule has 0 heterocycles. The van der Waals surface area contributed by atoms with Crippen LogP contribution in [0.2, 0.25) is 0 Å². The molecule has 0 radical (unpaired) electrons. The summed E-state index contributed by atoms with van der Waals surface area (Å²) in [5.41, 5.74) is 1.81. The number of carbonyl (C=O) groups is 1. The highest BCUT2D eigenvalue weighted by Gasteiger charge is 2.10. The fourth-order valence-corrected chi connectivity index (χ4v) is 2.51. The van der Waals surface area contributed by atoms with Crippen molar-refractivity contribution in [1.82, 2.24) is 5.32 Å². The fourth-order valence-electron chi connectivity index (χ4n) is 2.51. The molecule has 1 unspecified atom stereocenters. The van der Waals surface area contributed by atoms with E-state index < -0.39 is 0 Å². The van der Waals surface area contributed by atoms with E-state index in [1.807, 2.05) is 55.5 Å². The number of methoxy groups -OCH3 is 1. The summed E-state index contributed by atoms with van der Waals surface area (Å²) >= 11 is 0. The molecule has 2 aromatic carbocycles. The molecule has 0 bridgehead atoms. The van der Waals surface area contributed by atoms with Crippen molar-refractivity contribution in [1.29, 1.82) is 0 Å². The highest BCUT2D eigenvalue weighted by atomic mass is 16.5. The topological polar surface area (TPSA) is 68.8 Å². The van der Waals surface area contributed by atoms with Gasteiger partial charge in [0.25, 0.3) is 5.91 Å². The molecule has 6 heteroatoms. The second-order valence-electron chi connectivity index (χ2n) is 6.15. The summed E-state index contributed by atoms with van der Waals surface area (Å²) in [7, 11) is 1.69. The van der Waals surface area contributed by atoms with Crippen molar-refractivity contribution in [2.24, 2.45) is 0 Å². The molecule has 1 atom stereocenters. The standard InChI is InChI=1S/C21H28N2O4/c1-4-26-20-12-17(13-22-16(2)14-25-3)10-11-19(20)27-15-21(24)23-18-8-6-5-7-9-18/h5-12,16,22H,4,13-15H2,1-3H3,(H,23,24). The van der Waals surface area contributed by atoms with Crippen LogP contribution in [0.3, 0.4) is 0 Å². The molecule has 2 N–H and O–H groups in total. The quantitative estimate of drug-likeness (QED) is 0.634. The molecule has 0 aliphatic heterocycles. The number of rotatable bonds is 11. The molecule has 0 spiro atoms. The van der Waals surface area contributed by atoms with Crippen LogP contribution in [-0.4, -0.2) is 38.9 Å². The number of hydrogen-bond acceptors (Lipinski definition) is 5. The summed E-state index contributed by atoms with van der Waals surface area (Å²) < 4.78 is 16.5. The highest BCUT2D eigenvalue weighted by Crippen LogP contribution is 2.28. The fraction of sp³-hybridized carbons (Fsp3) is 0.381. The molecule has 0 aliphatic rings. The van der Waals surface area contributed by atoms with E-state index in [0.29, 0.717) is 31.3 Å². The summed E-state index contributed by atoms with van der Waals surface area (Å²) in [5, 5.41) is 6.17. The van der Waals surface area contributed by atoms with Crippen molar-refractivity contribution < 1.29 is 19.0 Å². The van der Waals surface area contributed by atoms with Crippen molar-refractivity contribution in [2.45, 2.75) is 26.4 Å². The van der Waals surface area contributed by atoms with Gasteiger partial charge in [0, 0.05) is 25.4 Å². The molecule has 1 amide bonds. The van der Waals surface area contributed by atoms with E-state index >= 15 is 0 Å². The first-order chi connectivity index (χ1) is 13.1. The third-order valence-corrected chi connectivity index (χ3v) is 3.80. The summed E-state index contributed by atoms with van der Waals surface area (Å²) in [6.45, 7) is 5.75. The average Bonchev–Trinajstić information content (AvgIpc) is 2.67. The van der Waals surface area contributed by atoms with Crippen LogP contribution in [0.1, 0.15) is 19.4 Å². The number of amides is 1. The lowest BCUT2D eigenvalue weighted by atomic mass is 10.2. The second-order valence-corrected chi connectivity index (χ2v) is 6.15. The Labute approximate surface area is 160 Å². The lowest BCUT2D eigenvalue weighted by Gasteiger charge is -2.15. The van der Waals surface area contributed by atoms with Crippen molar-refractivity contribution in [3.8, 4) is 11.5 Å². The molecule has 2 rings (SSSR count). The van der Waals surface area contributed by atoms with Crippen LogP contribution >= 0.6 is 0 Å². The number of ether oxygens (including phenoxy) is 3. The monoisotopic (exact) mass is 372 g/mol. The Morgan fingerprint density at radius 2 is 1.85 bits per heavy atom. The third kappa shape index (κ3) is 7.29. The minimum absolute atomic E-state index is 0.0859. The zero-order valence-corrected chi connectivity index (χ0v) is 16.2. The van der Waals surface area contributed by atoms with E-state index in [1.165, 1.54) is 0 Å². The molecule has 2 aromatic rings. The zero-order valence-electron chi connectivity index (χ0n) is 16.2. The van der Waals surface area contributed by atoms with E-state index in [-0.39, 0.29) is 18.6 Å². The van der Waals surface area contributed by atoms with Crippen molar-refractivity contribution >= 4 is 11.6 Å². The Hall–Kier alpha value is -2.57. The molecule has 6 nitrogen and oxygen atoms in total. The summed E-state index contributed by atoms with van der Waals surface area (Å²) in [5.74, 6) is 0.959. The number of anilines is 1. The largest absolute Gasteiger partial charge is 0.490 e. The summed E-state index contributed by atoms with van der Waals surface area (Å²) in [6, 6.07) is 15.3. The van der Waals surface area contributed by atoms with Gasteiger partial charge in [0.15, 0.2) is 18.1 Å². The third-order valence-electron chi connectivity index (χ3n) is 3.80. The molecule has 0 saturated carbocycles. The number of hydrogen-bond donors (Lipinski definition) is 2. The summed E-state index contributed by atoms with van der Waals surface area (Å²) in [6.07, 6.45) is 0. The minimum atomic E-state index is -0.220. The smallest absolute Gasteiger partial charge is 0.262 e. The van der Waals surface area contributed by atoms with E-state index in [9.17, 15) is 4.79 Å². The van der Waals surface area contributed by atoms with Gasteiger partial charge in [0.2, 0.25) is 0 Å². The van der Waals surface area contributed by atoms with Crippen LogP contribution in [0.5, 0.6) is 11.5 Å². The van der Waals surface area contributed by atoms with Gasteiger partial charge in [-0.15, -0.1) is 0 Å². The van der Waals surface area contributed by atoms with Crippen molar-refractivity contribution in [3.05, 3.63) is 54.1 Å². The Bertz CT molecular complexity index is 707. The van der Waals surface area contributed by atoms with Gasteiger partial charge in [0.1, 0.15) is 0 Å². The van der Waals surface area contributed by atoms with Gasteiger partial charge in [-0.3, -0.25) is 4.79 Å². The van der Waals surface area contributed by atoms with Gasteiger partial charge >= 0.3 is 0 Å². The molecular formula is C21H28N2O4. The Morgan fingerprint density at radius 1 is 1.07 bits per heavy atom. The van der Waals surface area contributed by atoms with Crippen molar-refractivity contribution in [3.63, 3.8) is 0 Å². The molecule has 146 valence electrons. The molecule has 0 fully saturated rings. The lowest BCUT2D eigenvalue weighted by molar-refractivity contribution is -0.118. The number of para-hydroxylation sites is 1. The highest BCUT2D eigenvalue weighted by molar-refractivity contribution is 5.91. The molecule has 27 heavy (non-hydrogen) atoms. The normalized spacial score (nSPS) is 11.7. The van der Waals surface area contributed by atoms with E-state index in [2.05, 4.69) is 17.6 Å². The van der Waals surface area contributed by atoms with Crippen LogP contribution < -0.4 is 20.1 Å². The van der Waals surface area contributed by atoms with Crippen molar-refractivity contribution in [2.75, 3.05) is 32.2 Å². The molecule has 0 aliphatic carbocycles. The van der Waals surface area contributed by atoms with Crippen LogP contribution in [-0.2, 0) is 16.1 Å². The SMILES string of the molecule is CCOc1cc(CNC(C)COC)ccc1OCC(=O)Nc1ccccc1. The van der Waals surface area contributed by atoms with Gasteiger partial charge in [-0.25, -0.2) is 0 Å². The number of carbonyl (C=O) groups excluding carboxylic acids is 1. The first-order valence-corrected chi connectivity index (χ1v) is 9.08. The van der Waals surface area contributed by atoms with Crippen LogP contribution in [0.15, 0.2) is 48.5 Å². The Balaban J connectivity index is 1.93. The van der Waals surface area contributed by atoms with Gasteiger partial charge in [-0.05, 0) is 43.7 Å². The van der Waals surface area contributed by atoms with Gasteiger partial charge in [-0.2, -0.15) is 0 Å². The van der Waals surface area contributed by atoms with Gasteiger partial charge in [0.05, 0.1) is 13.2 Å².